The number of amides is 1. The summed E-state index contributed by atoms with van der Waals surface area (Å²) in [4.78, 5) is 22.2. The Morgan fingerprint density at radius 2 is 2.17 bits per heavy atom. The van der Waals surface area contributed by atoms with Gasteiger partial charge in [-0.25, -0.2) is 9.37 Å². The van der Waals surface area contributed by atoms with Crippen molar-refractivity contribution in [1.82, 2.24) is 14.9 Å². The molecule has 1 N–H and O–H groups in total. The van der Waals surface area contributed by atoms with Gasteiger partial charge in [0.15, 0.2) is 0 Å². The van der Waals surface area contributed by atoms with E-state index < -0.39 is 6.10 Å². The number of rotatable bonds is 3. The van der Waals surface area contributed by atoms with Gasteiger partial charge in [0.05, 0.1) is 18.0 Å². The monoisotopic (exact) mass is 329 g/mol. The first-order valence-corrected chi connectivity index (χ1v) is 8.04. The van der Waals surface area contributed by atoms with E-state index in [-0.39, 0.29) is 29.9 Å². The molecule has 1 saturated heterocycles. The number of hydrogen-bond donors (Lipinski definition) is 1. The second-order valence-electron chi connectivity index (χ2n) is 6.21. The first-order valence-electron chi connectivity index (χ1n) is 8.04. The Bertz CT molecular complexity index is 738. The van der Waals surface area contributed by atoms with E-state index in [1.165, 1.54) is 12.3 Å². The van der Waals surface area contributed by atoms with E-state index in [1.54, 1.807) is 36.2 Å². The van der Waals surface area contributed by atoms with Gasteiger partial charge >= 0.3 is 0 Å². The number of benzene rings is 1. The number of piperidine rings is 1. The molecule has 0 bridgehead atoms. The molecule has 6 heteroatoms. The number of nitrogens with zero attached hydrogens (tertiary/aromatic N) is 3. The molecule has 126 valence electrons. The predicted molar refractivity (Wildman–Crippen MR) is 86.9 cm³/mol. The maximum Gasteiger partial charge on any atom is 0.274 e. The number of hydrogen-bond acceptors (Lipinski definition) is 4. The summed E-state index contributed by atoms with van der Waals surface area (Å²) in [5.74, 6) is -0.539. The molecule has 2 atom stereocenters. The van der Waals surface area contributed by atoms with Crippen LogP contribution in [0, 0.1) is 18.7 Å². The van der Waals surface area contributed by atoms with Crippen molar-refractivity contribution in [3.63, 3.8) is 0 Å². The van der Waals surface area contributed by atoms with Gasteiger partial charge in [0.2, 0.25) is 0 Å². The number of aliphatic hydroxyl groups excluding tert-OH is 1. The molecule has 1 amide bonds. The van der Waals surface area contributed by atoms with Crippen molar-refractivity contribution in [2.45, 2.75) is 25.9 Å². The molecule has 5 nitrogen and oxygen atoms in total. The lowest BCUT2D eigenvalue weighted by Gasteiger charge is -2.36. The standard InChI is InChI=1S/C18H20FN3O2/c1-12-9-20-10-16(21-12)18(24)22-7-6-14(17(23)11-22)8-13-4-2-3-5-15(13)19/h2-5,9-10,14,17,23H,6-8,11H2,1H3/t14-,17+/m1/s1. The molecule has 1 aromatic carbocycles. The van der Waals surface area contributed by atoms with Crippen molar-refractivity contribution in [3.8, 4) is 0 Å². The van der Waals surface area contributed by atoms with Crippen molar-refractivity contribution in [3.05, 3.63) is 59.4 Å². The van der Waals surface area contributed by atoms with Crippen molar-refractivity contribution in [2.75, 3.05) is 13.1 Å². The maximum atomic E-state index is 13.8. The van der Waals surface area contributed by atoms with Crippen LogP contribution in [0.2, 0.25) is 0 Å². The van der Waals surface area contributed by atoms with E-state index in [2.05, 4.69) is 9.97 Å². The van der Waals surface area contributed by atoms with Gasteiger partial charge in [-0.3, -0.25) is 9.78 Å². The molecule has 1 aliphatic heterocycles. The lowest BCUT2D eigenvalue weighted by atomic mass is 9.87. The van der Waals surface area contributed by atoms with Gasteiger partial charge in [0, 0.05) is 19.3 Å². The molecule has 2 heterocycles. The quantitative estimate of drug-likeness (QED) is 0.935. The van der Waals surface area contributed by atoms with Crippen LogP contribution in [0.4, 0.5) is 4.39 Å². The third kappa shape index (κ3) is 3.59. The third-order valence-corrected chi connectivity index (χ3v) is 4.42. The summed E-state index contributed by atoms with van der Waals surface area (Å²) in [5, 5.41) is 10.4. The number of carbonyl (C=O) groups is 1. The fourth-order valence-electron chi connectivity index (χ4n) is 3.08. The second-order valence-corrected chi connectivity index (χ2v) is 6.21. The van der Waals surface area contributed by atoms with Gasteiger partial charge in [-0.05, 0) is 37.3 Å². The Hall–Kier alpha value is -2.34. The number of carbonyl (C=O) groups excluding carboxylic acids is 1. The van der Waals surface area contributed by atoms with E-state index in [1.807, 2.05) is 0 Å². The topological polar surface area (TPSA) is 66.3 Å². The largest absolute Gasteiger partial charge is 0.391 e. The highest BCUT2D eigenvalue weighted by molar-refractivity contribution is 5.92. The van der Waals surface area contributed by atoms with Gasteiger partial charge in [-0.15, -0.1) is 0 Å². The highest BCUT2D eigenvalue weighted by Gasteiger charge is 2.31. The molecule has 0 aliphatic carbocycles. The summed E-state index contributed by atoms with van der Waals surface area (Å²) in [7, 11) is 0. The van der Waals surface area contributed by atoms with Crippen molar-refractivity contribution in [1.29, 1.82) is 0 Å². The van der Waals surface area contributed by atoms with Crippen LogP contribution in [0.3, 0.4) is 0 Å². The molecule has 0 radical (unpaired) electrons. The number of aromatic nitrogens is 2. The number of aryl methyl sites for hydroxylation is 1. The van der Waals surface area contributed by atoms with Crippen LogP contribution in [-0.2, 0) is 6.42 Å². The van der Waals surface area contributed by atoms with E-state index in [0.29, 0.717) is 30.6 Å². The Balaban J connectivity index is 1.65. The lowest BCUT2D eigenvalue weighted by molar-refractivity contribution is 0.0192. The van der Waals surface area contributed by atoms with Gasteiger partial charge in [0.25, 0.3) is 5.91 Å². The number of halogens is 1. The molecular formula is C18H20FN3O2. The summed E-state index contributed by atoms with van der Waals surface area (Å²) in [6.07, 6.45) is 3.44. The highest BCUT2D eigenvalue weighted by atomic mass is 19.1. The lowest BCUT2D eigenvalue weighted by Crippen LogP contribution is -2.47. The second kappa shape index (κ2) is 7.05. The number of β-amino-alcohol motifs (C(OH)–C–C–N with tert-alkyl or cyclic N) is 1. The first kappa shape index (κ1) is 16.5. The molecule has 1 aromatic heterocycles. The summed E-state index contributed by atoms with van der Waals surface area (Å²) < 4.78 is 13.8. The molecule has 3 rings (SSSR count). The van der Waals surface area contributed by atoms with E-state index in [0.717, 1.165) is 0 Å². The predicted octanol–water partition coefficient (Wildman–Crippen LogP) is 1.99. The molecule has 2 aromatic rings. The van der Waals surface area contributed by atoms with Gasteiger partial charge in [-0.1, -0.05) is 18.2 Å². The van der Waals surface area contributed by atoms with Gasteiger partial charge < -0.3 is 10.0 Å². The van der Waals surface area contributed by atoms with Gasteiger partial charge in [0.1, 0.15) is 11.5 Å². The summed E-state index contributed by atoms with van der Waals surface area (Å²) in [5.41, 5.74) is 1.57. The Morgan fingerprint density at radius 1 is 1.38 bits per heavy atom. The minimum Gasteiger partial charge on any atom is -0.391 e. The van der Waals surface area contributed by atoms with Crippen LogP contribution in [0.1, 0.15) is 28.2 Å². The molecule has 1 aliphatic rings. The Kier molecular flexibility index (Phi) is 4.85. The maximum absolute atomic E-state index is 13.8. The minimum absolute atomic E-state index is 0.0606. The van der Waals surface area contributed by atoms with E-state index in [4.69, 9.17) is 0 Å². The zero-order chi connectivity index (χ0) is 17.1. The zero-order valence-corrected chi connectivity index (χ0v) is 13.5. The third-order valence-electron chi connectivity index (χ3n) is 4.42. The number of likely N-dealkylation sites (tertiary alicyclic amines) is 1. The SMILES string of the molecule is Cc1cncc(C(=O)N2CC[C@H](Cc3ccccc3F)[C@@H](O)C2)n1. The smallest absolute Gasteiger partial charge is 0.274 e. The Labute approximate surface area is 140 Å². The average Bonchev–Trinajstić information content (AvgIpc) is 2.58. The first-order chi connectivity index (χ1) is 11.5. The van der Waals surface area contributed by atoms with Gasteiger partial charge in [-0.2, -0.15) is 0 Å². The normalized spacial score (nSPS) is 20.9. The molecule has 1 fully saturated rings. The number of aliphatic hydroxyl groups is 1. The highest BCUT2D eigenvalue weighted by Crippen LogP contribution is 2.24. The molecule has 24 heavy (non-hydrogen) atoms. The van der Waals surface area contributed by atoms with Crippen LogP contribution >= 0.6 is 0 Å². The van der Waals surface area contributed by atoms with Crippen LogP contribution in [-0.4, -0.2) is 45.1 Å². The molecular weight excluding hydrogens is 309 g/mol. The summed E-state index contributed by atoms with van der Waals surface area (Å²) in [6.45, 7) is 2.53. The van der Waals surface area contributed by atoms with Crippen LogP contribution in [0.15, 0.2) is 36.7 Å². The zero-order valence-electron chi connectivity index (χ0n) is 13.5. The van der Waals surface area contributed by atoms with E-state index in [9.17, 15) is 14.3 Å². The molecule has 0 unspecified atom stereocenters. The molecule has 0 saturated carbocycles. The fourth-order valence-corrected chi connectivity index (χ4v) is 3.08. The minimum atomic E-state index is -0.680. The van der Waals surface area contributed by atoms with Crippen molar-refractivity contribution < 1.29 is 14.3 Å². The van der Waals surface area contributed by atoms with E-state index >= 15 is 0 Å². The summed E-state index contributed by atoms with van der Waals surface area (Å²) in [6, 6.07) is 6.61. The van der Waals surface area contributed by atoms with Crippen molar-refractivity contribution in [2.24, 2.45) is 5.92 Å². The fraction of sp³-hybridized carbons (Fsp3) is 0.389. The summed E-state index contributed by atoms with van der Waals surface area (Å²) >= 11 is 0. The van der Waals surface area contributed by atoms with Crippen LogP contribution < -0.4 is 0 Å². The Morgan fingerprint density at radius 3 is 2.88 bits per heavy atom. The van der Waals surface area contributed by atoms with Crippen LogP contribution in [0.25, 0.3) is 0 Å². The average molecular weight is 329 g/mol. The van der Waals surface area contributed by atoms with Crippen LogP contribution in [0.5, 0.6) is 0 Å². The van der Waals surface area contributed by atoms with Crippen molar-refractivity contribution >= 4 is 5.91 Å². The molecule has 0 spiro atoms.